The van der Waals surface area contributed by atoms with E-state index in [2.05, 4.69) is 26.4 Å². The van der Waals surface area contributed by atoms with Gasteiger partial charge in [0.25, 0.3) is 0 Å². The first-order chi connectivity index (χ1) is 14.2. The normalized spacial score (nSPS) is 15.3. The van der Waals surface area contributed by atoms with Crippen LogP contribution in [-0.4, -0.2) is 70.3 Å². The van der Waals surface area contributed by atoms with Gasteiger partial charge in [-0.1, -0.05) is 0 Å². The van der Waals surface area contributed by atoms with Gasteiger partial charge in [-0.15, -0.1) is 0 Å². The molecule has 150 valence electrons. The summed E-state index contributed by atoms with van der Waals surface area (Å²) < 4.78 is 7.18. The molecule has 1 aliphatic heterocycles. The van der Waals surface area contributed by atoms with Crippen molar-refractivity contribution in [2.45, 2.75) is 6.10 Å². The second-order valence-corrected chi connectivity index (χ2v) is 6.84. The van der Waals surface area contributed by atoms with Crippen molar-refractivity contribution in [3.05, 3.63) is 42.4 Å². The van der Waals surface area contributed by atoms with E-state index in [1.807, 2.05) is 12.1 Å². The molecule has 4 rings (SSSR count). The summed E-state index contributed by atoms with van der Waals surface area (Å²) in [7, 11) is 0. The minimum atomic E-state index is -0.971. The van der Waals surface area contributed by atoms with E-state index in [0.717, 1.165) is 43.1 Å². The third-order valence-corrected chi connectivity index (χ3v) is 4.86. The number of nitriles is 1. The summed E-state index contributed by atoms with van der Waals surface area (Å²) in [4.78, 5) is 6.84. The SMILES string of the molecule is N#Cc1cnn2cc(OCC(O)CO)cc(-c3ccc(N4CCNCC4)nc3)c12. The summed E-state index contributed by atoms with van der Waals surface area (Å²) in [5, 5.41) is 35.6. The fraction of sp³-hybridized carbons (Fsp3) is 0.350. The number of fused-ring (bicyclic) bond motifs is 1. The minimum absolute atomic E-state index is 0.0476. The molecule has 1 saturated heterocycles. The monoisotopic (exact) mass is 394 g/mol. The smallest absolute Gasteiger partial charge is 0.138 e. The fourth-order valence-corrected chi connectivity index (χ4v) is 3.35. The van der Waals surface area contributed by atoms with Gasteiger partial charge in [-0.2, -0.15) is 10.4 Å². The number of anilines is 1. The van der Waals surface area contributed by atoms with Crippen LogP contribution in [0, 0.1) is 11.3 Å². The Morgan fingerprint density at radius 1 is 1.28 bits per heavy atom. The van der Waals surface area contributed by atoms with Gasteiger partial charge in [0.2, 0.25) is 0 Å². The first kappa shape index (κ1) is 19.1. The summed E-state index contributed by atoms with van der Waals surface area (Å²) in [5.74, 6) is 1.39. The molecule has 1 unspecified atom stereocenters. The van der Waals surface area contributed by atoms with E-state index in [1.165, 1.54) is 6.20 Å². The van der Waals surface area contributed by atoms with Crippen LogP contribution in [0.15, 0.2) is 36.8 Å². The average Bonchev–Trinajstić information content (AvgIpc) is 3.20. The molecule has 1 fully saturated rings. The number of nitrogens with zero attached hydrogens (tertiary/aromatic N) is 5. The van der Waals surface area contributed by atoms with Crippen LogP contribution < -0.4 is 15.0 Å². The standard InChI is InChI=1S/C20H22N6O3/c21-8-15-10-24-26-11-17(29-13-16(28)12-27)7-18(20(15)26)14-1-2-19(23-9-14)25-5-3-22-4-6-25/h1-2,7,9-11,16,22,27-28H,3-6,12-13H2. The largest absolute Gasteiger partial charge is 0.489 e. The van der Waals surface area contributed by atoms with E-state index in [-0.39, 0.29) is 13.2 Å². The van der Waals surface area contributed by atoms with E-state index in [9.17, 15) is 10.4 Å². The molecule has 0 radical (unpaired) electrons. The summed E-state index contributed by atoms with van der Waals surface area (Å²) >= 11 is 0. The zero-order valence-corrected chi connectivity index (χ0v) is 15.8. The molecule has 1 aliphatic rings. The van der Waals surface area contributed by atoms with Gasteiger partial charge >= 0.3 is 0 Å². The Bertz CT molecular complexity index is 1020. The molecule has 1 atom stereocenters. The average molecular weight is 394 g/mol. The Morgan fingerprint density at radius 2 is 2.10 bits per heavy atom. The number of aliphatic hydroxyl groups is 2. The van der Waals surface area contributed by atoms with Gasteiger partial charge in [0.05, 0.1) is 30.1 Å². The van der Waals surface area contributed by atoms with Crippen molar-refractivity contribution in [1.29, 1.82) is 5.26 Å². The summed E-state index contributed by atoms with van der Waals surface area (Å²) in [6.45, 7) is 3.26. The number of aromatic nitrogens is 3. The van der Waals surface area contributed by atoms with Gasteiger partial charge in [0, 0.05) is 43.5 Å². The third kappa shape index (κ3) is 4.00. The molecule has 0 spiro atoms. The molecule has 0 aromatic carbocycles. The third-order valence-electron chi connectivity index (χ3n) is 4.86. The molecule has 3 aromatic rings. The van der Waals surface area contributed by atoms with E-state index in [4.69, 9.17) is 9.84 Å². The number of hydrogen-bond donors (Lipinski definition) is 3. The first-order valence-electron chi connectivity index (χ1n) is 9.45. The van der Waals surface area contributed by atoms with Crippen molar-refractivity contribution in [2.24, 2.45) is 0 Å². The van der Waals surface area contributed by atoms with E-state index >= 15 is 0 Å². The van der Waals surface area contributed by atoms with E-state index < -0.39 is 6.10 Å². The first-order valence-corrected chi connectivity index (χ1v) is 9.45. The van der Waals surface area contributed by atoms with E-state index in [1.54, 1.807) is 23.0 Å². The van der Waals surface area contributed by atoms with Gasteiger partial charge in [-0.05, 0) is 18.2 Å². The fourth-order valence-electron chi connectivity index (χ4n) is 3.35. The highest BCUT2D eigenvalue weighted by Crippen LogP contribution is 2.31. The zero-order valence-electron chi connectivity index (χ0n) is 15.8. The van der Waals surface area contributed by atoms with Crippen molar-refractivity contribution in [1.82, 2.24) is 19.9 Å². The maximum Gasteiger partial charge on any atom is 0.138 e. The number of hydrogen-bond acceptors (Lipinski definition) is 8. The number of ether oxygens (including phenoxy) is 1. The highest BCUT2D eigenvalue weighted by Gasteiger charge is 2.16. The Hall–Kier alpha value is -3.19. The maximum absolute atomic E-state index is 9.56. The molecule has 9 nitrogen and oxygen atoms in total. The second-order valence-electron chi connectivity index (χ2n) is 6.84. The number of rotatable bonds is 6. The van der Waals surface area contributed by atoms with Gasteiger partial charge in [-0.25, -0.2) is 9.50 Å². The molecule has 0 aliphatic carbocycles. The Morgan fingerprint density at radius 3 is 2.79 bits per heavy atom. The molecule has 3 N–H and O–H groups in total. The van der Waals surface area contributed by atoms with Crippen molar-refractivity contribution < 1.29 is 14.9 Å². The molecule has 9 heteroatoms. The number of nitrogens with one attached hydrogen (secondary N) is 1. The van der Waals surface area contributed by atoms with Gasteiger partial charge in [0.1, 0.15) is 30.3 Å². The Kier molecular flexibility index (Phi) is 5.57. The molecule has 0 bridgehead atoms. The molecular formula is C20H22N6O3. The maximum atomic E-state index is 9.56. The molecule has 0 amide bonds. The summed E-state index contributed by atoms with van der Waals surface area (Å²) in [6.07, 6.45) is 3.97. The predicted molar refractivity (Wildman–Crippen MR) is 107 cm³/mol. The highest BCUT2D eigenvalue weighted by molar-refractivity contribution is 5.85. The predicted octanol–water partition coefficient (Wildman–Crippen LogP) is 0.410. The van der Waals surface area contributed by atoms with Crippen LogP contribution in [0.1, 0.15) is 5.56 Å². The highest BCUT2D eigenvalue weighted by atomic mass is 16.5. The lowest BCUT2D eigenvalue weighted by Crippen LogP contribution is -2.43. The topological polar surface area (TPSA) is 119 Å². The lowest BCUT2D eigenvalue weighted by molar-refractivity contribution is 0.0534. The minimum Gasteiger partial charge on any atom is -0.489 e. The van der Waals surface area contributed by atoms with Crippen molar-refractivity contribution >= 4 is 11.3 Å². The van der Waals surface area contributed by atoms with Crippen LogP contribution in [0.5, 0.6) is 5.75 Å². The van der Waals surface area contributed by atoms with Crippen molar-refractivity contribution in [3.63, 3.8) is 0 Å². The zero-order chi connectivity index (χ0) is 20.2. The van der Waals surface area contributed by atoms with Crippen LogP contribution in [0.3, 0.4) is 0 Å². The second kappa shape index (κ2) is 8.45. The van der Waals surface area contributed by atoms with E-state index in [0.29, 0.717) is 16.8 Å². The van der Waals surface area contributed by atoms with Gasteiger partial charge in [0.15, 0.2) is 0 Å². The molecular weight excluding hydrogens is 372 g/mol. The Labute approximate surface area is 167 Å². The molecule has 29 heavy (non-hydrogen) atoms. The van der Waals surface area contributed by atoms with Crippen LogP contribution in [-0.2, 0) is 0 Å². The van der Waals surface area contributed by atoms with Crippen molar-refractivity contribution in [2.75, 3.05) is 44.3 Å². The molecule has 0 saturated carbocycles. The van der Waals surface area contributed by atoms with Gasteiger partial charge < -0.3 is 25.2 Å². The number of pyridine rings is 2. The van der Waals surface area contributed by atoms with Crippen LogP contribution in [0.4, 0.5) is 5.82 Å². The number of piperazine rings is 1. The lowest BCUT2D eigenvalue weighted by Gasteiger charge is -2.28. The van der Waals surface area contributed by atoms with Gasteiger partial charge in [-0.3, -0.25) is 0 Å². The number of aliphatic hydroxyl groups excluding tert-OH is 2. The van der Waals surface area contributed by atoms with Crippen LogP contribution in [0.2, 0.25) is 0 Å². The van der Waals surface area contributed by atoms with Crippen LogP contribution >= 0.6 is 0 Å². The quantitative estimate of drug-likeness (QED) is 0.550. The Balaban J connectivity index is 1.70. The van der Waals surface area contributed by atoms with Crippen molar-refractivity contribution in [3.8, 4) is 22.9 Å². The molecule has 4 heterocycles. The lowest BCUT2D eigenvalue weighted by atomic mass is 10.1. The molecule has 3 aromatic heterocycles. The summed E-state index contributed by atoms with van der Waals surface area (Å²) in [5.41, 5.74) is 2.71. The van der Waals surface area contributed by atoms with Crippen LogP contribution in [0.25, 0.3) is 16.6 Å². The summed E-state index contributed by atoms with van der Waals surface area (Å²) in [6, 6.07) is 7.91.